The van der Waals surface area contributed by atoms with E-state index in [4.69, 9.17) is 0 Å². The summed E-state index contributed by atoms with van der Waals surface area (Å²) in [5.41, 5.74) is 4.17. The lowest BCUT2D eigenvalue weighted by Crippen LogP contribution is -2.14. The fraction of sp³-hybridized carbons (Fsp3) is 0.0625. The summed E-state index contributed by atoms with van der Waals surface area (Å²) < 4.78 is 0. The van der Waals surface area contributed by atoms with Crippen molar-refractivity contribution in [2.45, 2.75) is 6.92 Å². The van der Waals surface area contributed by atoms with E-state index in [0.29, 0.717) is 5.71 Å². The number of aliphatic imine (C=N–C) groups is 2. The molecule has 0 spiro atoms. The summed E-state index contributed by atoms with van der Waals surface area (Å²) in [6, 6.07) is 17.5. The predicted molar refractivity (Wildman–Crippen MR) is 76.3 cm³/mol. The van der Waals surface area contributed by atoms with Gasteiger partial charge in [0.15, 0.2) is 0 Å². The molecule has 1 aliphatic heterocycles. The molecule has 2 aromatic rings. The summed E-state index contributed by atoms with van der Waals surface area (Å²) in [5.74, 6) is -0.213. The molecule has 3 rings (SSSR count). The maximum atomic E-state index is 11.3. The van der Waals surface area contributed by atoms with Crippen molar-refractivity contribution >= 4 is 23.0 Å². The third kappa shape index (κ3) is 2.10. The van der Waals surface area contributed by atoms with Crippen molar-refractivity contribution in [2.24, 2.45) is 9.98 Å². The normalized spacial score (nSPS) is 15.2. The molecule has 0 fully saturated rings. The number of fused-ring (bicyclic) bond motifs is 1. The van der Waals surface area contributed by atoms with Crippen LogP contribution in [-0.2, 0) is 4.79 Å². The summed E-state index contributed by atoms with van der Waals surface area (Å²) in [5, 5.41) is 0. The van der Waals surface area contributed by atoms with Crippen LogP contribution in [-0.4, -0.2) is 17.3 Å². The van der Waals surface area contributed by atoms with E-state index in [9.17, 15) is 4.79 Å². The van der Waals surface area contributed by atoms with Gasteiger partial charge >= 0.3 is 0 Å². The van der Waals surface area contributed by atoms with Gasteiger partial charge in [-0.2, -0.15) is 0 Å². The Morgan fingerprint density at radius 1 is 1.00 bits per heavy atom. The van der Waals surface area contributed by atoms with Crippen LogP contribution in [0.5, 0.6) is 0 Å². The van der Waals surface area contributed by atoms with E-state index in [-0.39, 0.29) is 5.91 Å². The van der Waals surface area contributed by atoms with E-state index in [0.717, 1.165) is 22.5 Å². The first-order valence-electron chi connectivity index (χ1n) is 6.09. The Labute approximate surface area is 111 Å². The second kappa shape index (κ2) is 4.61. The molecule has 0 bridgehead atoms. The molecule has 19 heavy (non-hydrogen) atoms. The molecule has 0 saturated carbocycles. The highest BCUT2D eigenvalue weighted by atomic mass is 16.1. The van der Waals surface area contributed by atoms with Gasteiger partial charge in [0, 0.05) is 18.1 Å². The topological polar surface area (TPSA) is 41.8 Å². The molecule has 0 radical (unpaired) electrons. The number of carbonyl (C=O) groups is 1. The molecule has 0 unspecified atom stereocenters. The summed E-state index contributed by atoms with van der Waals surface area (Å²) in [6.07, 6.45) is 0. The molecular weight excluding hydrogens is 236 g/mol. The maximum absolute atomic E-state index is 11.3. The summed E-state index contributed by atoms with van der Waals surface area (Å²) in [4.78, 5) is 20.1. The number of hydrogen-bond donors (Lipinski definition) is 0. The Morgan fingerprint density at radius 3 is 2.42 bits per heavy atom. The summed E-state index contributed by atoms with van der Waals surface area (Å²) >= 11 is 0. The zero-order valence-electron chi connectivity index (χ0n) is 10.5. The molecule has 0 saturated heterocycles. The van der Waals surface area contributed by atoms with Gasteiger partial charge in [-0.05, 0) is 6.07 Å². The summed E-state index contributed by atoms with van der Waals surface area (Å²) in [7, 11) is 0. The van der Waals surface area contributed by atoms with Gasteiger partial charge in [-0.25, -0.2) is 9.98 Å². The molecule has 3 heteroatoms. The van der Waals surface area contributed by atoms with Crippen molar-refractivity contribution < 1.29 is 4.79 Å². The van der Waals surface area contributed by atoms with Gasteiger partial charge in [0.1, 0.15) is 5.71 Å². The molecule has 1 aliphatic rings. The van der Waals surface area contributed by atoms with Gasteiger partial charge in [0.05, 0.1) is 11.4 Å². The van der Waals surface area contributed by atoms with E-state index in [1.165, 1.54) is 6.92 Å². The van der Waals surface area contributed by atoms with E-state index in [1.54, 1.807) is 0 Å². The molecular formula is C16H12N2O. The van der Waals surface area contributed by atoms with Crippen LogP contribution in [0.1, 0.15) is 18.1 Å². The van der Waals surface area contributed by atoms with Gasteiger partial charge in [-0.1, -0.05) is 48.5 Å². The molecule has 3 nitrogen and oxygen atoms in total. The third-order valence-electron chi connectivity index (χ3n) is 2.93. The SMILES string of the molecule is CC(=O)N=C1C(c2ccccc2)=Nc2ccccc21. The highest BCUT2D eigenvalue weighted by Crippen LogP contribution is 2.29. The fourth-order valence-corrected chi connectivity index (χ4v) is 2.14. The lowest BCUT2D eigenvalue weighted by molar-refractivity contribution is -0.115. The molecule has 92 valence electrons. The van der Waals surface area contributed by atoms with Crippen molar-refractivity contribution in [3.8, 4) is 0 Å². The zero-order valence-corrected chi connectivity index (χ0v) is 10.5. The smallest absolute Gasteiger partial charge is 0.243 e. The molecule has 0 N–H and O–H groups in total. The summed E-state index contributed by atoms with van der Waals surface area (Å²) in [6.45, 7) is 1.45. The molecule has 1 heterocycles. The van der Waals surface area contributed by atoms with Crippen LogP contribution in [0, 0.1) is 0 Å². The molecule has 0 aromatic heterocycles. The maximum Gasteiger partial charge on any atom is 0.243 e. The van der Waals surface area contributed by atoms with E-state index < -0.39 is 0 Å². The van der Waals surface area contributed by atoms with Gasteiger partial charge in [-0.3, -0.25) is 4.79 Å². The van der Waals surface area contributed by atoms with Crippen LogP contribution in [0.15, 0.2) is 64.6 Å². The van der Waals surface area contributed by atoms with Crippen LogP contribution >= 0.6 is 0 Å². The minimum absolute atomic E-state index is 0.213. The Kier molecular flexibility index (Phi) is 2.80. The number of amides is 1. The average Bonchev–Trinajstić information content (AvgIpc) is 2.78. The lowest BCUT2D eigenvalue weighted by atomic mass is 10.0. The predicted octanol–water partition coefficient (Wildman–Crippen LogP) is 3.16. The van der Waals surface area contributed by atoms with Gasteiger partial charge in [-0.15, -0.1) is 0 Å². The van der Waals surface area contributed by atoms with Crippen LogP contribution in [0.25, 0.3) is 0 Å². The van der Waals surface area contributed by atoms with Gasteiger partial charge in [0.2, 0.25) is 5.91 Å². The number of carbonyl (C=O) groups excluding carboxylic acids is 1. The van der Waals surface area contributed by atoms with Crippen molar-refractivity contribution in [2.75, 3.05) is 0 Å². The van der Waals surface area contributed by atoms with Crippen LogP contribution in [0.2, 0.25) is 0 Å². The average molecular weight is 248 g/mol. The van der Waals surface area contributed by atoms with Crippen LogP contribution in [0.3, 0.4) is 0 Å². The molecule has 0 atom stereocenters. The first-order valence-corrected chi connectivity index (χ1v) is 6.09. The largest absolute Gasteiger partial charge is 0.273 e. The van der Waals surface area contributed by atoms with Crippen LogP contribution < -0.4 is 0 Å². The van der Waals surface area contributed by atoms with E-state index in [1.807, 2.05) is 54.6 Å². The van der Waals surface area contributed by atoms with Crippen molar-refractivity contribution in [3.05, 3.63) is 65.7 Å². The number of hydrogen-bond acceptors (Lipinski definition) is 2. The number of nitrogens with zero attached hydrogens (tertiary/aromatic N) is 2. The van der Waals surface area contributed by atoms with Crippen molar-refractivity contribution in [3.63, 3.8) is 0 Å². The second-order valence-corrected chi connectivity index (χ2v) is 4.32. The number of benzene rings is 2. The first-order chi connectivity index (χ1) is 9.25. The van der Waals surface area contributed by atoms with Crippen LogP contribution in [0.4, 0.5) is 5.69 Å². The van der Waals surface area contributed by atoms with Gasteiger partial charge in [0.25, 0.3) is 0 Å². The lowest BCUT2D eigenvalue weighted by Gasteiger charge is -2.03. The Balaban J connectivity index is 2.18. The zero-order chi connectivity index (χ0) is 13.2. The second-order valence-electron chi connectivity index (χ2n) is 4.32. The minimum Gasteiger partial charge on any atom is -0.273 e. The standard InChI is InChI=1S/C16H12N2O/c1-11(19)17-16-13-9-5-6-10-14(13)18-15(16)12-7-3-2-4-8-12/h2-10H,1H3. The fourth-order valence-electron chi connectivity index (χ4n) is 2.14. The first kappa shape index (κ1) is 11.5. The third-order valence-corrected chi connectivity index (χ3v) is 2.93. The molecule has 1 amide bonds. The van der Waals surface area contributed by atoms with E-state index in [2.05, 4.69) is 9.98 Å². The Bertz CT molecular complexity index is 700. The van der Waals surface area contributed by atoms with E-state index >= 15 is 0 Å². The highest BCUT2D eigenvalue weighted by molar-refractivity contribution is 6.57. The minimum atomic E-state index is -0.213. The Hall–Kier alpha value is -2.55. The van der Waals surface area contributed by atoms with Crippen molar-refractivity contribution in [1.29, 1.82) is 0 Å². The molecule has 2 aromatic carbocycles. The number of rotatable bonds is 1. The Morgan fingerprint density at radius 2 is 1.68 bits per heavy atom. The van der Waals surface area contributed by atoms with Gasteiger partial charge < -0.3 is 0 Å². The number of para-hydroxylation sites is 1. The highest BCUT2D eigenvalue weighted by Gasteiger charge is 2.23. The monoisotopic (exact) mass is 248 g/mol. The molecule has 0 aliphatic carbocycles. The quantitative estimate of drug-likeness (QED) is 0.764. The van der Waals surface area contributed by atoms with Crippen molar-refractivity contribution in [1.82, 2.24) is 0 Å².